The average molecular weight is 272 g/mol. The van der Waals surface area contributed by atoms with Crippen LogP contribution < -0.4 is 0 Å². The molecule has 1 aromatic carbocycles. The summed E-state index contributed by atoms with van der Waals surface area (Å²) in [6.45, 7) is 1.28. The van der Waals surface area contributed by atoms with Crippen LogP contribution in [0.1, 0.15) is 31.2 Å². The van der Waals surface area contributed by atoms with E-state index >= 15 is 0 Å². The number of rotatable bonds is 2. The maximum Gasteiger partial charge on any atom is 0.153 e. The summed E-state index contributed by atoms with van der Waals surface area (Å²) in [6.07, 6.45) is 8.70. The van der Waals surface area contributed by atoms with E-state index in [2.05, 4.69) is 5.92 Å². The molecule has 2 aliphatic rings. The topological polar surface area (TPSA) is 46.5 Å². The molecule has 3 heteroatoms. The molecular formula is C17H20O3. The normalized spacial score (nSPS) is 21.1. The molecule has 3 nitrogen and oxygen atoms in total. The third-order valence-electron chi connectivity index (χ3n) is 3.65. The third-order valence-corrected chi connectivity index (χ3v) is 3.65. The van der Waals surface area contributed by atoms with Gasteiger partial charge in [0.05, 0.1) is 13.2 Å². The average Bonchev–Trinajstić information content (AvgIpc) is 3.34. The van der Waals surface area contributed by atoms with Crippen LogP contribution in [0.4, 0.5) is 0 Å². The van der Waals surface area contributed by atoms with Crippen molar-refractivity contribution in [2.45, 2.75) is 31.3 Å². The lowest BCUT2D eigenvalue weighted by molar-refractivity contribution is -0.124. The number of hydrogen-bond donors (Lipinski definition) is 1. The lowest BCUT2D eigenvalue weighted by atomic mass is 9.90. The molecule has 1 saturated heterocycles. The first-order chi connectivity index (χ1) is 9.66. The number of Topliss-reactive ketones (excluding diaryl/α,β-unsaturated/α-hetero) is 1. The Morgan fingerprint density at radius 3 is 2.20 bits per heavy atom. The van der Waals surface area contributed by atoms with Crippen molar-refractivity contribution in [3.63, 3.8) is 0 Å². The van der Waals surface area contributed by atoms with E-state index in [-0.39, 0.29) is 5.92 Å². The first-order valence-electron chi connectivity index (χ1n) is 7.02. The number of hydrogen-bond acceptors (Lipinski definition) is 3. The van der Waals surface area contributed by atoms with E-state index in [1.54, 1.807) is 0 Å². The van der Waals surface area contributed by atoms with Crippen molar-refractivity contribution in [1.82, 2.24) is 0 Å². The van der Waals surface area contributed by atoms with Crippen LogP contribution in [0.5, 0.6) is 0 Å². The van der Waals surface area contributed by atoms with Gasteiger partial charge in [-0.15, -0.1) is 6.42 Å². The number of benzene rings is 1. The van der Waals surface area contributed by atoms with Crippen LogP contribution in [0.2, 0.25) is 0 Å². The standard InChI is InChI=1S/C12H12O.C5H8O2/c1-2-12(13,11-8-9-11)10-6-4-3-5-7-10;6-5-1-3-7-4-2-5/h1,3-7,11,13H,8-9H2;1-4H2. The second kappa shape index (κ2) is 6.69. The number of ketones is 1. The Morgan fingerprint density at radius 1 is 1.20 bits per heavy atom. The number of terminal acetylenes is 1. The zero-order valence-electron chi connectivity index (χ0n) is 11.5. The molecule has 1 saturated carbocycles. The fourth-order valence-electron chi connectivity index (χ4n) is 2.23. The fraction of sp³-hybridized carbons (Fsp3) is 0.471. The van der Waals surface area contributed by atoms with Gasteiger partial charge >= 0.3 is 0 Å². The Morgan fingerprint density at radius 2 is 1.80 bits per heavy atom. The van der Waals surface area contributed by atoms with Crippen LogP contribution in [-0.4, -0.2) is 24.1 Å². The van der Waals surface area contributed by atoms with E-state index in [0.717, 1.165) is 18.4 Å². The van der Waals surface area contributed by atoms with Gasteiger partial charge in [-0.25, -0.2) is 0 Å². The highest BCUT2D eigenvalue weighted by molar-refractivity contribution is 5.79. The molecular weight excluding hydrogens is 252 g/mol. The van der Waals surface area contributed by atoms with E-state index < -0.39 is 5.60 Å². The molecule has 0 aromatic heterocycles. The van der Waals surface area contributed by atoms with Gasteiger partial charge in [0.25, 0.3) is 0 Å². The summed E-state index contributed by atoms with van der Waals surface area (Å²) >= 11 is 0. The highest BCUT2D eigenvalue weighted by Crippen LogP contribution is 2.45. The minimum Gasteiger partial charge on any atom is -0.381 e. The summed E-state index contributed by atoms with van der Waals surface area (Å²) in [6, 6.07) is 9.50. The Bertz CT molecular complexity index is 477. The fourth-order valence-corrected chi connectivity index (χ4v) is 2.23. The summed E-state index contributed by atoms with van der Waals surface area (Å²) in [5, 5.41) is 10.2. The number of ether oxygens (including phenoxy) is 1. The van der Waals surface area contributed by atoms with Gasteiger partial charge in [0.15, 0.2) is 5.60 Å². The molecule has 0 spiro atoms. The van der Waals surface area contributed by atoms with E-state index in [0.29, 0.717) is 31.8 Å². The van der Waals surface area contributed by atoms with Crippen LogP contribution in [0.25, 0.3) is 0 Å². The van der Waals surface area contributed by atoms with Gasteiger partial charge in [0.1, 0.15) is 5.78 Å². The van der Waals surface area contributed by atoms with Gasteiger partial charge in [-0.3, -0.25) is 4.79 Å². The highest BCUT2D eigenvalue weighted by Gasteiger charge is 2.43. The van der Waals surface area contributed by atoms with Crippen molar-refractivity contribution in [3.8, 4) is 12.3 Å². The maximum atomic E-state index is 10.4. The van der Waals surface area contributed by atoms with Crippen LogP contribution in [0.15, 0.2) is 30.3 Å². The first kappa shape index (κ1) is 14.8. The van der Waals surface area contributed by atoms with Crippen molar-refractivity contribution < 1.29 is 14.6 Å². The largest absolute Gasteiger partial charge is 0.381 e. The van der Waals surface area contributed by atoms with E-state index in [4.69, 9.17) is 11.2 Å². The predicted molar refractivity (Wildman–Crippen MR) is 77.0 cm³/mol. The lowest BCUT2D eigenvalue weighted by Gasteiger charge is -2.21. The molecule has 1 atom stereocenters. The van der Waals surface area contributed by atoms with Gasteiger partial charge in [-0.1, -0.05) is 36.3 Å². The minimum absolute atomic E-state index is 0.264. The molecule has 1 aromatic rings. The zero-order valence-corrected chi connectivity index (χ0v) is 11.5. The van der Waals surface area contributed by atoms with E-state index in [1.165, 1.54) is 0 Å². The quantitative estimate of drug-likeness (QED) is 0.840. The van der Waals surface area contributed by atoms with Crippen molar-refractivity contribution in [2.24, 2.45) is 5.92 Å². The molecule has 1 unspecified atom stereocenters. The maximum absolute atomic E-state index is 10.4. The Balaban J connectivity index is 0.000000178. The van der Waals surface area contributed by atoms with Crippen molar-refractivity contribution >= 4 is 5.78 Å². The second-order valence-electron chi connectivity index (χ2n) is 5.20. The molecule has 3 rings (SSSR count). The molecule has 1 N–H and O–H groups in total. The Kier molecular flexibility index (Phi) is 4.94. The summed E-state index contributed by atoms with van der Waals surface area (Å²) in [5.41, 5.74) is -0.179. The lowest BCUT2D eigenvalue weighted by Crippen LogP contribution is -2.25. The van der Waals surface area contributed by atoms with E-state index in [1.807, 2.05) is 30.3 Å². The van der Waals surface area contributed by atoms with Gasteiger partial charge < -0.3 is 9.84 Å². The van der Waals surface area contributed by atoms with E-state index in [9.17, 15) is 9.90 Å². The molecule has 1 aliphatic carbocycles. The Hall–Kier alpha value is -1.63. The van der Waals surface area contributed by atoms with Crippen molar-refractivity contribution in [2.75, 3.05) is 13.2 Å². The summed E-state index contributed by atoms with van der Waals surface area (Å²) in [4.78, 5) is 10.4. The van der Waals surface area contributed by atoms with Gasteiger partial charge in [0, 0.05) is 18.8 Å². The molecule has 20 heavy (non-hydrogen) atoms. The molecule has 106 valence electrons. The Labute approximate surface area is 120 Å². The summed E-state index contributed by atoms with van der Waals surface area (Å²) < 4.78 is 4.92. The SMILES string of the molecule is C#CC(O)(c1ccccc1)C1CC1.O=C1CCOCC1. The van der Waals surface area contributed by atoms with Gasteiger partial charge in [-0.2, -0.15) is 0 Å². The molecule has 0 amide bonds. The monoisotopic (exact) mass is 272 g/mol. The predicted octanol–water partition coefficient (Wildman–Crippen LogP) is 2.28. The van der Waals surface area contributed by atoms with Crippen molar-refractivity contribution in [1.29, 1.82) is 0 Å². The summed E-state index contributed by atoms with van der Waals surface area (Å²) in [7, 11) is 0. The number of carbonyl (C=O) groups excluding carboxylic acids is 1. The van der Waals surface area contributed by atoms with Crippen LogP contribution >= 0.6 is 0 Å². The third kappa shape index (κ3) is 3.69. The van der Waals surface area contributed by atoms with Gasteiger partial charge in [0.2, 0.25) is 0 Å². The highest BCUT2D eigenvalue weighted by atomic mass is 16.5. The molecule has 1 aliphatic heterocycles. The second-order valence-corrected chi connectivity index (χ2v) is 5.20. The van der Waals surface area contributed by atoms with Crippen LogP contribution in [0, 0.1) is 18.3 Å². The number of aliphatic hydroxyl groups is 1. The first-order valence-corrected chi connectivity index (χ1v) is 7.02. The zero-order chi connectivity index (χ0) is 14.4. The van der Waals surface area contributed by atoms with Crippen LogP contribution in [0.3, 0.4) is 0 Å². The van der Waals surface area contributed by atoms with Crippen LogP contribution in [-0.2, 0) is 15.1 Å². The molecule has 2 fully saturated rings. The summed E-state index contributed by atoms with van der Waals surface area (Å²) in [5.74, 6) is 3.12. The van der Waals surface area contributed by atoms with Crippen molar-refractivity contribution in [3.05, 3.63) is 35.9 Å². The number of carbonyl (C=O) groups is 1. The smallest absolute Gasteiger partial charge is 0.153 e. The minimum atomic E-state index is -1.03. The molecule has 1 heterocycles. The molecule has 0 radical (unpaired) electrons. The van der Waals surface area contributed by atoms with Gasteiger partial charge in [-0.05, 0) is 18.4 Å². The molecule has 0 bridgehead atoms.